The SMILES string of the molecule is COCCNc1ccnc(C(=O)N2CCN(Cc3ccccc3)CC2)c1. The van der Waals surface area contributed by atoms with Crippen LogP contribution in [0.15, 0.2) is 48.7 Å². The van der Waals surface area contributed by atoms with E-state index in [1.165, 1.54) is 5.56 Å². The minimum absolute atomic E-state index is 0.000229. The lowest BCUT2D eigenvalue weighted by Gasteiger charge is -2.34. The number of aromatic nitrogens is 1. The van der Waals surface area contributed by atoms with Crippen molar-refractivity contribution in [3.8, 4) is 0 Å². The first-order valence-corrected chi connectivity index (χ1v) is 9.00. The number of hydrogen-bond donors (Lipinski definition) is 1. The third kappa shape index (κ3) is 5.03. The molecule has 0 saturated carbocycles. The third-order valence-electron chi connectivity index (χ3n) is 4.52. The van der Waals surface area contributed by atoms with E-state index < -0.39 is 0 Å². The maximum Gasteiger partial charge on any atom is 0.272 e. The molecule has 0 unspecified atom stereocenters. The average Bonchev–Trinajstić information content (AvgIpc) is 2.69. The second-order valence-corrected chi connectivity index (χ2v) is 6.40. The fourth-order valence-electron chi connectivity index (χ4n) is 3.07. The number of ether oxygens (including phenoxy) is 1. The van der Waals surface area contributed by atoms with Crippen LogP contribution in [-0.4, -0.2) is 67.1 Å². The summed E-state index contributed by atoms with van der Waals surface area (Å²) in [7, 11) is 1.67. The molecule has 1 fully saturated rings. The second kappa shape index (κ2) is 9.31. The van der Waals surface area contributed by atoms with Gasteiger partial charge in [-0.2, -0.15) is 0 Å². The van der Waals surface area contributed by atoms with E-state index in [0.717, 1.165) is 38.4 Å². The molecule has 1 amide bonds. The zero-order valence-corrected chi connectivity index (χ0v) is 15.2. The molecule has 3 rings (SSSR count). The van der Waals surface area contributed by atoms with Gasteiger partial charge in [-0.25, -0.2) is 0 Å². The van der Waals surface area contributed by atoms with Gasteiger partial charge in [0, 0.05) is 58.3 Å². The maximum atomic E-state index is 12.7. The Hall–Kier alpha value is -2.44. The Kier molecular flexibility index (Phi) is 6.57. The summed E-state index contributed by atoms with van der Waals surface area (Å²) in [6.07, 6.45) is 1.67. The van der Waals surface area contributed by atoms with Crippen molar-refractivity contribution in [1.82, 2.24) is 14.8 Å². The summed E-state index contributed by atoms with van der Waals surface area (Å²) in [6, 6.07) is 14.1. The summed E-state index contributed by atoms with van der Waals surface area (Å²) in [4.78, 5) is 21.3. The van der Waals surface area contributed by atoms with Crippen molar-refractivity contribution in [2.45, 2.75) is 6.54 Å². The van der Waals surface area contributed by atoms with Crippen LogP contribution in [0.5, 0.6) is 0 Å². The van der Waals surface area contributed by atoms with Gasteiger partial charge >= 0.3 is 0 Å². The Balaban J connectivity index is 1.52. The molecule has 1 aliphatic rings. The summed E-state index contributed by atoms with van der Waals surface area (Å²) in [6.45, 7) is 5.48. The summed E-state index contributed by atoms with van der Waals surface area (Å²) in [5.74, 6) is -0.000229. The zero-order valence-electron chi connectivity index (χ0n) is 15.2. The number of rotatable bonds is 7. The van der Waals surface area contributed by atoms with Crippen LogP contribution in [-0.2, 0) is 11.3 Å². The van der Waals surface area contributed by atoms with E-state index in [1.54, 1.807) is 13.3 Å². The van der Waals surface area contributed by atoms with Crippen LogP contribution < -0.4 is 5.32 Å². The molecule has 0 bridgehead atoms. The molecule has 1 aromatic carbocycles. The fourth-order valence-corrected chi connectivity index (χ4v) is 3.07. The second-order valence-electron chi connectivity index (χ2n) is 6.40. The topological polar surface area (TPSA) is 57.7 Å². The molecular weight excluding hydrogens is 328 g/mol. The molecule has 0 radical (unpaired) electrons. The predicted molar refractivity (Wildman–Crippen MR) is 102 cm³/mol. The first-order chi connectivity index (χ1) is 12.8. The van der Waals surface area contributed by atoms with Gasteiger partial charge in [0.25, 0.3) is 5.91 Å². The first kappa shape index (κ1) is 18.4. The van der Waals surface area contributed by atoms with Gasteiger partial charge in [-0.15, -0.1) is 0 Å². The number of anilines is 1. The number of benzene rings is 1. The molecule has 1 saturated heterocycles. The number of carbonyl (C=O) groups is 1. The molecule has 138 valence electrons. The molecule has 0 atom stereocenters. The van der Waals surface area contributed by atoms with Crippen LogP contribution >= 0.6 is 0 Å². The number of hydrogen-bond acceptors (Lipinski definition) is 5. The lowest BCUT2D eigenvalue weighted by molar-refractivity contribution is 0.0623. The number of nitrogens with one attached hydrogen (secondary N) is 1. The number of amides is 1. The van der Waals surface area contributed by atoms with Crippen LogP contribution in [0.1, 0.15) is 16.1 Å². The summed E-state index contributed by atoms with van der Waals surface area (Å²) in [5, 5.41) is 3.23. The summed E-state index contributed by atoms with van der Waals surface area (Å²) < 4.78 is 5.03. The molecule has 2 aromatic rings. The van der Waals surface area contributed by atoms with E-state index in [0.29, 0.717) is 18.8 Å². The molecule has 26 heavy (non-hydrogen) atoms. The van der Waals surface area contributed by atoms with E-state index >= 15 is 0 Å². The number of piperazine rings is 1. The van der Waals surface area contributed by atoms with E-state index in [-0.39, 0.29) is 5.91 Å². The normalized spacial score (nSPS) is 15.0. The smallest absolute Gasteiger partial charge is 0.272 e. The number of carbonyl (C=O) groups excluding carboxylic acids is 1. The fraction of sp³-hybridized carbons (Fsp3) is 0.400. The van der Waals surface area contributed by atoms with Gasteiger partial charge in [0.05, 0.1) is 6.61 Å². The molecule has 2 heterocycles. The zero-order chi connectivity index (χ0) is 18.2. The molecule has 6 heteroatoms. The standard InChI is InChI=1S/C20H26N4O2/c1-26-14-9-21-18-7-8-22-19(15-18)20(25)24-12-10-23(11-13-24)16-17-5-3-2-4-6-17/h2-8,15H,9-14,16H2,1H3,(H,21,22). The van der Waals surface area contributed by atoms with Crippen molar-refractivity contribution in [2.75, 3.05) is 51.8 Å². The third-order valence-corrected chi connectivity index (χ3v) is 4.52. The van der Waals surface area contributed by atoms with Gasteiger partial charge in [0.1, 0.15) is 5.69 Å². The molecule has 1 aliphatic heterocycles. The molecule has 1 N–H and O–H groups in total. The van der Waals surface area contributed by atoms with Crippen molar-refractivity contribution in [1.29, 1.82) is 0 Å². The van der Waals surface area contributed by atoms with Gasteiger partial charge in [-0.05, 0) is 17.7 Å². The average molecular weight is 354 g/mol. The van der Waals surface area contributed by atoms with Crippen molar-refractivity contribution >= 4 is 11.6 Å². The van der Waals surface area contributed by atoms with Crippen LogP contribution in [0.3, 0.4) is 0 Å². The number of methoxy groups -OCH3 is 1. The van der Waals surface area contributed by atoms with E-state index in [4.69, 9.17) is 4.74 Å². The molecule has 0 spiro atoms. The largest absolute Gasteiger partial charge is 0.383 e. The highest BCUT2D eigenvalue weighted by Gasteiger charge is 2.23. The highest BCUT2D eigenvalue weighted by atomic mass is 16.5. The van der Waals surface area contributed by atoms with Crippen molar-refractivity contribution < 1.29 is 9.53 Å². The van der Waals surface area contributed by atoms with Gasteiger partial charge in [0.2, 0.25) is 0 Å². The minimum atomic E-state index is -0.000229. The quantitative estimate of drug-likeness (QED) is 0.772. The lowest BCUT2D eigenvalue weighted by atomic mass is 10.2. The Morgan fingerprint density at radius 2 is 1.92 bits per heavy atom. The number of pyridine rings is 1. The maximum absolute atomic E-state index is 12.7. The van der Waals surface area contributed by atoms with Gasteiger partial charge in [-0.3, -0.25) is 14.7 Å². The van der Waals surface area contributed by atoms with Crippen LogP contribution in [0.4, 0.5) is 5.69 Å². The number of nitrogens with zero attached hydrogens (tertiary/aromatic N) is 3. The summed E-state index contributed by atoms with van der Waals surface area (Å²) in [5.41, 5.74) is 2.69. The van der Waals surface area contributed by atoms with Crippen LogP contribution in [0, 0.1) is 0 Å². The van der Waals surface area contributed by atoms with Crippen LogP contribution in [0.2, 0.25) is 0 Å². The monoisotopic (exact) mass is 354 g/mol. The molecular formula is C20H26N4O2. The Morgan fingerprint density at radius 1 is 1.15 bits per heavy atom. The van der Waals surface area contributed by atoms with Crippen molar-refractivity contribution in [3.63, 3.8) is 0 Å². The van der Waals surface area contributed by atoms with E-state index in [9.17, 15) is 4.79 Å². The minimum Gasteiger partial charge on any atom is -0.383 e. The van der Waals surface area contributed by atoms with Gasteiger partial charge in [0.15, 0.2) is 0 Å². The highest BCUT2D eigenvalue weighted by Crippen LogP contribution is 2.13. The predicted octanol–water partition coefficient (Wildman–Crippen LogP) is 2.10. The lowest BCUT2D eigenvalue weighted by Crippen LogP contribution is -2.48. The van der Waals surface area contributed by atoms with Gasteiger partial charge in [-0.1, -0.05) is 30.3 Å². The Bertz CT molecular complexity index is 700. The van der Waals surface area contributed by atoms with Crippen molar-refractivity contribution in [2.24, 2.45) is 0 Å². The first-order valence-electron chi connectivity index (χ1n) is 9.00. The van der Waals surface area contributed by atoms with Crippen LogP contribution in [0.25, 0.3) is 0 Å². The molecule has 1 aromatic heterocycles. The molecule has 6 nitrogen and oxygen atoms in total. The Morgan fingerprint density at radius 3 is 2.65 bits per heavy atom. The summed E-state index contributed by atoms with van der Waals surface area (Å²) >= 11 is 0. The molecule has 0 aliphatic carbocycles. The van der Waals surface area contributed by atoms with E-state index in [1.807, 2.05) is 23.1 Å². The van der Waals surface area contributed by atoms with E-state index in [2.05, 4.69) is 39.5 Å². The van der Waals surface area contributed by atoms with Crippen molar-refractivity contribution in [3.05, 3.63) is 59.9 Å². The Labute approximate surface area is 154 Å². The van der Waals surface area contributed by atoms with Gasteiger partial charge < -0.3 is 15.0 Å². The highest BCUT2D eigenvalue weighted by molar-refractivity contribution is 5.93.